The molecule has 1 atom stereocenters. The van der Waals surface area contributed by atoms with Crippen LogP contribution in [0.2, 0.25) is 0 Å². The standard InChI is InChI=1S/C14H22N2/c1-13(9-5-6-10-14(13,15)16)11-12-7-3-2-4-8-12/h2-4,7-8H,5-6,9-11,15-16H2,1H3. The van der Waals surface area contributed by atoms with Crippen LogP contribution < -0.4 is 11.5 Å². The van der Waals surface area contributed by atoms with Gasteiger partial charge in [0.05, 0.1) is 5.66 Å². The molecule has 4 N–H and O–H groups in total. The van der Waals surface area contributed by atoms with Gasteiger partial charge in [-0.3, -0.25) is 0 Å². The number of benzene rings is 1. The minimum absolute atomic E-state index is 0.0343. The zero-order valence-corrected chi connectivity index (χ0v) is 10.1. The molecule has 1 fully saturated rings. The van der Waals surface area contributed by atoms with E-state index >= 15 is 0 Å². The molecular weight excluding hydrogens is 196 g/mol. The van der Waals surface area contributed by atoms with Crippen LogP contribution in [0.5, 0.6) is 0 Å². The molecule has 2 heteroatoms. The van der Waals surface area contributed by atoms with Crippen LogP contribution in [0, 0.1) is 5.41 Å². The van der Waals surface area contributed by atoms with Crippen molar-refractivity contribution in [3.8, 4) is 0 Å². The summed E-state index contributed by atoms with van der Waals surface area (Å²) in [4.78, 5) is 0. The Morgan fingerprint density at radius 2 is 1.69 bits per heavy atom. The fourth-order valence-electron chi connectivity index (χ4n) is 2.77. The summed E-state index contributed by atoms with van der Waals surface area (Å²) in [6.45, 7) is 2.24. The molecule has 0 heterocycles. The highest BCUT2D eigenvalue weighted by Gasteiger charge is 2.43. The van der Waals surface area contributed by atoms with Crippen LogP contribution >= 0.6 is 0 Å². The van der Waals surface area contributed by atoms with E-state index in [2.05, 4.69) is 31.2 Å². The lowest BCUT2D eigenvalue weighted by Crippen LogP contribution is -2.63. The molecule has 0 radical (unpaired) electrons. The summed E-state index contributed by atoms with van der Waals surface area (Å²) in [7, 11) is 0. The van der Waals surface area contributed by atoms with E-state index in [4.69, 9.17) is 11.5 Å². The second-order valence-electron chi connectivity index (χ2n) is 5.47. The van der Waals surface area contributed by atoms with E-state index in [0.29, 0.717) is 0 Å². The fraction of sp³-hybridized carbons (Fsp3) is 0.571. The van der Waals surface area contributed by atoms with E-state index in [-0.39, 0.29) is 5.41 Å². The van der Waals surface area contributed by atoms with Gasteiger partial charge in [-0.2, -0.15) is 0 Å². The first-order valence-electron chi connectivity index (χ1n) is 6.15. The first-order valence-corrected chi connectivity index (χ1v) is 6.15. The van der Waals surface area contributed by atoms with Gasteiger partial charge < -0.3 is 11.5 Å². The Morgan fingerprint density at radius 3 is 2.31 bits per heavy atom. The molecule has 0 amide bonds. The van der Waals surface area contributed by atoms with Crippen LogP contribution in [0.15, 0.2) is 30.3 Å². The largest absolute Gasteiger partial charge is 0.313 e. The molecule has 0 aliphatic heterocycles. The quantitative estimate of drug-likeness (QED) is 0.749. The zero-order valence-electron chi connectivity index (χ0n) is 10.1. The highest BCUT2D eigenvalue weighted by molar-refractivity contribution is 5.18. The van der Waals surface area contributed by atoms with E-state index < -0.39 is 5.66 Å². The van der Waals surface area contributed by atoms with Crippen molar-refractivity contribution in [3.63, 3.8) is 0 Å². The molecule has 1 aliphatic rings. The Morgan fingerprint density at radius 1 is 1.06 bits per heavy atom. The molecule has 0 saturated heterocycles. The van der Waals surface area contributed by atoms with Gasteiger partial charge in [-0.15, -0.1) is 0 Å². The Kier molecular flexibility index (Phi) is 3.04. The van der Waals surface area contributed by atoms with Gasteiger partial charge in [-0.05, 0) is 24.8 Å². The molecule has 1 aromatic rings. The molecule has 88 valence electrons. The van der Waals surface area contributed by atoms with Gasteiger partial charge in [0.2, 0.25) is 0 Å². The molecule has 1 unspecified atom stereocenters. The van der Waals surface area contributed by atoms with Crippen molar-refractivity contribution in [1.82, 2.24) is 0 Å². The van der Waals surface area contributed by atoms with Crippen molar-refractivity contribution >= 4 is 0 Å². The zero-order chi connectivity index (χ0) is 11.6. The van der Waals surface area contributed by atoms with Crippen LogP contribution in [-0.2, 0) is 6.42 Å². The van der Waals surface area contributed by atoms with Crippen LogP contribution in [0.3, 0.4) is 0 Å². The summed E-state index contributed by atoms with van der Waals surface area (Å²) in [5.74, 6) is 0. The van der Waals surface area contributed by atoms with Crippen molar-refractivity contribution in [2.75, 3.05) is 0 Å². The molecular formula is C14H22N2. The first-order chi connectivity index (χ1) is 7.54. The van der Waals surface area contributed by atoms with E-state index in [1.807, 2.05) is 6.07 Å². The Labute approximate surface area is 98.0 Å². The predicted molar refractivity (Wildman–Crippen MR) is 67.8 cm³/mol. The molecule has 2 nitrogen and oxygen atoms in total. The van der Waals surface area contributed by atoms with Crippen molar-refractivity contribution in [2.24, 2.45) is 16.9 Å². The summed E-state index contributed by atoms with van der Waals surface area (Å²) in [5, 5.41) is 0. The number of nitrogens with two attached hydrogens (primary N) is 2. The summed E-state index contributed by atoms with van der Waals surface area (Å²) in [5.41, 5.74) is 13.4. The normalized spacial score (nSPS) is 28.9. The average Bonchev–Trinajstić information content (AvgIpc) is 2.24. The maximum atomic E-state index is 6.28. The topological polar surface area (TPSA) is 52.0 Å². The van der Waals surface area contributed by atoms with E-state index in [1.165, 1.54) is 12.0 Å². The lowest BCUT2D eigenvalue weighted by molar-refractivity contribution is 0.0845. The van der Waals surface area contributed by atoms with Crippen LogP contribution in [-0.4, -0.2) is 5.66 Å². The minimum Gasteiger partial charge on any atom is -0.313 e. The molecule has 1 aromatic carbocycles. The third-order valence-electron chi connectivity index (χ3n) is 4.13. The summed E-state index contributed by atoms with van der Waals surface area (Å²) in [6.07, 6.45) is 5.48. The fourth-order valence-corrected chi connectivity index (χ4v) is 2.77. The van der Waals surface area contributed by atoms with Gasteiger partial charge in [0.15, 0.2) is 0 Å². The van der Waals surface area contributed by atoms with E-state index in [0.717, 1.165) is 25.7 Å². The second kappa shape index (κ2) is 4.19. The molecule has 1 saturated carbocycles. The van der Waals surface area contributed by atoms with Crippen LogP contribution in [0.25, 0.3) is 0 Å². The average molecular weight is 218 g/mol. The van der Waals surface area contributed by atoms with Gasteiger partial charge >= 0.3 is 0 Å². The van der Waals surface area contributed by atoms with Crippen LogP contribution in [0.4, 0.5) is 0 Å². The third-order valence-corrected chi connectivity index (χ3v) is 4.13. The molecule has 0 spiro atoms. The molecule has 0 aromatic heterocycles. The van der Waals surface area contributed by atoms with Crippen molar-refractivity contribution < 1.29 is 0 Å². The maximum Gasteiger partial charge on any atom is 0.0694 e. The van der Waals surface area contributed by atoms with Crippen molar-refractivity contribution in [1.29, 1.82) is 0 Å². The monoisotopic (exact) mass is 218 g/mol. The number of hydrogen-bond acceptors (Lipinski definition) is 2. The number of hydrogen-bond donors (Lipinski definition) is 2. The SMILES string of the molecule is CC1(Cc2ccccc2)CCCCC1(N)N. The van der Waals surface area contributed by atoms with Crippen molar-refractivity contribution in [2.45, 2.75) is 44.7 Å². The maximum absolute atomic E-state index is 6.28. The second-order valence-corrected chi connectivity index (χ2v) is 5.47. The van der Waals surface area contributed by atoms with E-state index in [1.54, 1.807) is 0 Å². The number of rotatable bonds is 2. The molecule has 0 bridgehead atoms. The van der Waals surface area contributed by atoms with Crippen LogP contribution in [0.1, 0.15) is 38.2 Å². The molecule has 2 rings (SSSR count). The third kappa shape index (κ3) is 2.13. The highest BCUT2D eigenvalue weighted by atomic mass is 15.0. The lowest BCUT2D eigenvalue weighted by atomic mass is 9.65. The van der Waals surface area contributed by atoms with Crippen molar-refractivity contribution in [3.05, 3.63) is 35.9 Å². The summed E-state index contributed by atoms with van der Waals surface area (Å²) < 4.78 is 0. The lowest BCUT2D eigenvalue weighted by Gasteiger charge is -2.47. The summed E-state index contributed by atoms with van der Waals surface area (Å²) in [6, 6.07) is 10.5. The van der Waals surface area contributed by atoms with Gasteiger partial charge in [0, 0.05) is 5.41 Å². The Bertz CT molecular complexity index is 345. The Balaban J connectivity index is 2.18. The van der Waals surface area contributed by atoms with Gasteiger partial charge in [-0.1, -0.05) is 50.1 Å². The van der Waals surface area contributed by atoms with E-state index in [9.17, 15) is 0 Å². The Hall–Kier alpha value is -0.860. The van der Waals surface area contributed by atoms with Gasteiger partial charge in [0.25, 0.3) is 0 Å². The molecule has 16 heavy (non-hydrogen) atoms. The summed E-state index contributed by atoms with van der Waals surface area (Å²) >= 11 is 0. The highest BCUT2D eigenvalue weighted by Crippen LogP contribution is 2.42. The predicted octanol–water partition coefficient (Wildman–Crippen LogP) is 2.42. The molecule has 1 aliphatic carbocycles. The minimum atomic E-state index is -0.513. The smallest absolute Gasteiger partial charge is 0.0694 e. The van der Waals surface area contributed by atoms with Gasteiger partial charge in [0.1, 0.15) is 0 Å². The van der Waals surface area contributed by atoms with Gasteiger partial charge in [-0.25, -0.2) is 0 Å². The first kappa shape index (κ1) is 11.6.